The number of hydrogen-bond donors (Lipinski definition) is 0. The first-order valence-electron chi connectivity index (χ1n) is 10.5. The minimum absolute atomic E-state index is 0.385. The van der Waals surface area contributed by atoms with Crippen molar-refractivity contribution in [3.8, 4) is 22.5 Å². The zero-order valence-corrected chi connectivity index (χ0v) is 19.0. The molecule has 1 aromatic heterocycles. The van der Waals surface area contributed by atoms with Gasteiger partial charge in [-0.1, -0.05) is 42.5 Å². The molecule has 0 aliphatic carbocycles. The third kappa shape index (κ3) is 4.90. The van der Waals surface area contributed by atoms with E-state index in [2.05, 4.69) is 0 Å². The monoisotopic (exact) mass is 440 g/mol. The second kappa shape index (κ2) is 8.82. The molecular formula is C27H24N2O4. The van der Waals surface area contributed by atoms with E-state index in [0.29, 0.717) is 33.5 Å². The van der Waals surface area contributed by atoms with Crippen molar-refractivity contribution in [1.29, 1.82) is 0 Å². The van der Waals surface area contributed by atoms with Crippen molar-refractivity contribution in [1.82, 2.24) is 9.97 Å². The van der Waals surface area contributed by atoms with Gasteiger partial charge in [-0.15, -0.1) is 0 Å². The number of carbonyl (C=O) groups excluding carboxylic acids is 2. The van der Waals surface area contributed by atoms with Crippen LogP contribution in [0.15, 0.2) is 72.8 Å². The molecule has 0 spiro atoms. The smallest absolute Gasteiger partial charge is 0.338 e. The fourth-order valence-corrected chi connectivity index (χ4v) is 3.40. The number of ether oxygens (including phenoxy) is 2. The maximum Gasteiger partial charge on any atom is 0.338 e. The molecule has 33 heavy (non-hydrogen) atoms. The van der Waals surface area contributed by atoms with E-state index in [1.165, 1.54) is 7.11 Å². The maximum absolute atomic E-state index is 12.4. The summed E-state index contributed by atoms with van der Waals surface area (Å²) < 4.78 is 10.3. The van der Waals surface area contributed by atoms with Gasteiger partial charge in [0.05, 0.1) is 40.7 Å². The molecule has 6 nitrogen and oxygen atoms in total. The number of esters is 2. The van der Waals surface area contributed by atoms with Gasteiger partial charge in [-0.25, -0.2) is 19.6 Å². The van der Waals surface area contributed by atoms with Crippen molar-refractivity contribution in [2.75, 3.05) is 7.11 Å². The number of fused-ring (bicyclic) bond motifs is 1. The molecule has 4 rings (SSSR count). The topological polar surface area (TPSA) is 78.4 Å². The minimum Gasteiger partial charge on any atom is -0.465 e. The Hall–Kier alpha value is -4.06. The largest absolute Gasteiger partial charge is 0.465 e. The van der Waals surface area contributed by atoms with E-state index in [9.17, 15) is 9.59 Å². The summed E-state index contributed by atoms with van der Waals surface area (Å²) in [5.74, 6) is -0.821. The molecule has 0 N–H and O–H groups in total. The molecule has 3 aromatic carbocycles. The SMILES string of the molecule is COC(=O)c1ccc2nc(-c3ccccc3)c(-c3ccc(C(=O)OC(C)(C)C)cc3)nc2c1. The summed E-state index contributed by atoms with van der Waals surface area (Å²) in [5.41, 5.74) is 4.57. The normalized spacial score (nSPS) is 11.3. The summed E-state index contributed by atoms with van der Waals surface area (Å²) >= 11 is 0. The van der Waals surface area contributed by atoms with E-state index in [1.807, 2.05) is 63.2 Å². The van der Waals surface area contributed by atoms with Crippen molar-refractivity contribution in [2.45, 2.75) is 26.4 Å². The number of methoxy groups -OCH3 is 1. The van der Waals surface area contributed by atoms with Crippen LogP contribution in [-0.2, 0) is 9.47 Å². The van der Waals surface area contributed by atoms with Crippen LogP contribution in [0.5, 0.6) is 0 Å². The van der Waals surface area contributed by atoms with E-state index in [4.69, 9.17) is 19.4 Å². The highest BCUT2D eigenvalue weighted by atomic mass is 16.6. The van der Waals surface area contributed by atoms with Gasteiger partial charge in [-0.3, -0.25) is 0 Å². The summed E-state index contributed by atoms with van der Waals surface area (Å²) in [5, 5.41) is 0. The van der Waals surface area contributed by atoms with Gasteiger partial charge in [0.25, 0.3) is 0 Å². The predicted octanol–water partition coefficient (Wildman–Crippen LogP) is 5.71. The highest BCUT2D eigenvalue weighted by Gasteiger charge is 2.19. The van der Waals surface area contributed by atoms with Gasteiger partial charge >= 0.3 is 11.9 Å². The van der Waals surface area contributed by atoms with Gasteiger partial charge in [0, 0.05) is 11.1 Å². The van der Waals surface area contributed by atoms with Crippen LogP contribution in [0.1, 0.15) is 41.5 Å². The zero-order valence-electron chi connectivity index (χ0n) is 19.0. The molecule has 0 atom stereocenters. The fourth-order valence-electron chi connectivity index (χ4n) is 3.40. The number of aromatic nitrogens is 2. The molecule has 0 bridgehead atoms. The molecule has 0 saturated heterocycles. The molecular weight excluding hydrogens is 416 g/mol. The molecule has 0 aliphatic rings. The molecule has 0 unspecified atom stereocenters. The van der Waals surface area contributed by atoms with Crippen LogP contribution in [0.4, 0.5) is 0 Å². The van der Waals surface area contributed by atoms with E-state index in [1.54, 1.807) is 30.3 Å². The van der Waals surface area contributed by atoms with Crippen molar-refractivity contribution in [2.24, 2.45) is 0 Å². The third-order valence-corrected chi connectivity index (χ3v) is 4.93. The molecule has 0 aliphatic heterocycles. The van der Waals surface area contributed by atoms with Gasteiger partial charge in [-0.05, 0) is 51.1 Å². The first kappa shape index (κ1) is 22.1. The quantitative estimate of drug-likeness (QED) is 0.379. The summed E-state index contributed by atoms with van der Waals surface area (Å²) in [6.07, 6.45) is 0. The van der Waals surface area contributed by atoms with E-state index in [0.717, 1.165) is 11.1 Å². The lowest BCUT2D eigenvalue weighted by atomic mass is 10.0. The van der Waals surface area contributed by atoms with Crippen LogP contribution in [0.2, 0.25) is 0 Å². The van der Waals surface area contributed by atoms with Crippen molar-refractivity contribution < 1.29 is 19.1 Å². The van der Waals surface area contributed by atoms with Crippen molar-refractivity contribution in [3.63, 3.8) is 0 Å². The number of hydrogen-bond acceptors (Lipinski definition) is 6. The number of benzene rings is 3. The van der Waals surface area contributed by atoms with Crippen LogP contribution in [-0.4, -0.2) is 34.6 Å². The molecule has 0 saturated carbocycles. The second-order valence-electron chi connectivity index (χ2n) is 8.56. The van der Waals surface area contributed by atoms with Gasteiger partial charge in [-0.2, -0.15) is 0 Å². The predicted molar refractivity (Wildman–Crippen MR) is 127 cm³/mol. The summed E-state index contributed by atoms with van der Waals surface area (Å²) in [4.78, 5) is 34.1. The van der Waals surface area contributed by atoms with Crippen molar-refractivity contribution >= 4 is 23.0 Å². The summed E-state index contributed by atoms with van der Waals surface area (Å²) in [6, 6.07) is 21.9. The average Bonchev–Trinajstić information content (AvgIpc) is 2.82. The Morgan fingerprint density at radius 1 is 0.697 bits per heavy atom. The lowest BCUT2D eigenvalue weighted by molar-refractivity contribution is 0.00693. The first-order chi connectivity index (χ1) is 15.7. The fraction of sp³-hybridized carbons (Fsp3) is 0.185. The minimum atomic E-state index is -0.572. The standard InChI is InChI=1S/C27H24N2O4/c1-27(2,3)33-26(31)19-12-10-18(11-13-19)24-23(17-8-6-5-7-9-17)28-21-15-14-20(25(30)32-4)16-22(21)29-24/h5-16H,1-4H3. The average molecular weight is 440 g/mol. The Kier molecular flexibility index (Phi) is 5.92. The summed E-state index contributed by atoms with van der Waals surface area (Å²) in [7, 11) is 1.34. The number of rotatable bonds is 4. The lowest BCUT2D eigenvalue weighted by Crippen LogP contribution is -2.23. The molecule has 0 radical (unpaired) electrons. The maximum atomic E-state index is 12.4. The van der Waals surface area contributed by atoms with Gasteiger partial charge in [0.15, 0.2) is 0 Å². The van der Waals surface area contributed by atoms with E-state index in [-0.39, 0.29) is 5.97 Å². The van der Waals surface area contributed by atoms with E-state index >= 15 is 0 Å². The Labute approximate surface area is 192 Å². The van der Waals surface area contributed by atoms with Gasteiger partial charge < -0.3 is 9.47 Å². The highest BCUT2D eigenvalue weighted by Crippen LogP contribution is 2.31. The first-order valence-corrected chi connectivity index (χ1v) is 10.5. The zero-order chi connectivity index (χ0) is 23.6. The number of nitrogens with zero attached hydrogens (tertiary/aromatic N) is 2. The Balaban J connectivity index is 1.83. The molecule has 1 heterocycles. The van der Waals surface area contributed by atoms with Crippen molar-refractivity contribution in [3.05, 3.63) is 83.9 Å². The Bertz CT molecular complexity index is 1320. The second-order valence-corrected chi connectivity index (χ2v) is 8.56. The molecule has 166 valence electrons. The lowest BCUT2D eigenvalue weighted by Gasteiger charge is -2.19. The van der Waals surface area contributed by atoms with Gasteiger partial charge in [0.1, 0.15) is 5.60 Å². The highest BCUT2D eigenvalue weighted by molar-refractivity contribution is 5.95. The summed E-state index contributed by atoms with van der Waals surface area (Å²) in [6.45, 7) is 5.50. The van der Waals surface area contributed by atoms with Crippen LogP contribution < -0.4 is 0 Å². The molecule has 4 aromatic rings. The molecule has 6 heteroatoms. The third-order valence-electron chi connectivity index (χ3n) is 4.93. The van der Waals surface area contributed by atoms with Crippen LogP contribution in [0.3, 0.4) is 0 Å². The Morgan fingerprint density at radius 3 is 1.88 bits per heavy atom. The van der Waals surface area contributed by atoms with Crippen LogP contribution >= 0.6 is 0 Å². The number of carbonyl (C=O) groups is 2. The van der Waals surface area contributed by atoms with Crippen LogP contribution in [0, 0.1) is 0 Å². The van der Waals surface area contributed by atoms with E-state index < -0.39 is 11.6 Å². The van der Waals surface area contributed by atoms with Crippen LogP contribution in [0.25, 0.3) is 33.5 Å². The molecule has 0 fully saturated rings. The van der Waals surface area contributed by atoms with Gasteiger partial charge in [0.2, 0.25) is 0 Å². The molecule has 0 amide bonds. The Morgan fingerprint density at radius 2 is 1.27 bits per heavy atom.